The van der Waals surface area contributed by atoms with Gasteiger partial charge in [-0.15, -0.1) is 0 Å². The molecule has 0 spiro atoms. The molecule has 1 heterocycles. The molecule has 6 heteroatoms. The van der Waals surface area contributed by atoms with Crippen molar-refractivity contribution in [3.63, 3.8) is 0 Å². The van der Waals surface area contributed by atoms with Crippen molar-refractivity contribution in [1.29, 1.82) is 0 Å². The van der Waals surface area contributed by atoms with E-state index in [9.17, 15) is 14.9 Å². The molecule has 4 unspecified atom stereocenters. The van der Waals surface area contributed by atoms with Crippen molar-refractivity contribution in [2.24, 2.45) is 23.5 Å². The Bertz CT molecular complexity index is 391. The summed E-state index contributed by atoms with van der Waals surface area (Å²) in [5, 5.41) is 19.0. The number of carboxylic acid groups (broad SMARTS) is 1. The molecule has 5 nitrogen and oxygen atoms in total. The van der Waals surface area contributed by atoms with Crippen LogP contribution in [0, 0.1) is 17.8 Å². The number of likely N-dealkylation sites (tertiary alicyclic amines) is 1. The number of aliphatic carboxylic acids is 1. The molecular weight excluding hydrogens is 267 g/mol. The second kappa shape index (κ2) is 6.27. The first-order chi connectivity index (χ1) is 9.75. The first-order valence-electron chi connectivity index (χ1n) is 8.20. The molecule has 0 bridgehead atoms. The summed E-state index contributed by atoms with van der Waals surface area (Å²) in [4.78, 5) is 14.1. The minimum absolute atomic E-state index is 0.0301. The van der Waals surface area contributed by atoms with Crippen LogP contribution in [0.3, 0.4) is 0 Å². The van der Waals surface area contributed by atoms with Crippen LogP contribution < -0.4 is 5.73 Å². The molecule has 1 saturated carbocycles. The predicted molar refractivity (Wildman–Crippen MR) is 84.2 cm³/mol. The van der Waals surface area contributed by atoms with Crippen molar-refractivity contribution < 1.29 is 14.9 Å². The molecule has 0 aromatic heterocycles. The second-order valence-corrected chi connectivity index (χ2v) is 7.41. The van der Waals surface area contributed by atoms with Crippen molar-refractivity contribution in [2.45, 2.75) is 57.8 Å². The Morgan fingerprint density at radius 3 is 2.67 bits per heavy atom. The lowest BCUT2D eigenvalue weighted by molar-refractivity contribution is -0.145. The Balaban J connectivity index is 2.08. The van der Waals surface area contributed by atoms with E-state index >= 15 is 0 Å². The fraction of sp³-hybridized carbons (Fsp3) is 0.933. The summed E-state index contributed by atoms with van der Waals surface area (Å²) < 4.78 is 0. The van der Waals surface area contributed by atoms with Gasteiger partial charge in [-0.05, 0) is 50.8 Å². The molecule has 21 heavy (non-hydrogen) atoms. The van der Waals surface area contributed by atoms with E-state index in [0.29, 0.717) is 24.3 Å². The predicted octanol–water partition coefficient (Wildman–Crippen LogP) is 1.14. The van der Waals surface area contributed by atoms with E-state index in [1.807, 2.05) is 0 Å². The molecule has 2 fully saturated rings. The van der Waals surface area contributed by atoms with Gasteiger partial charge < -0.3 is 20.8 Å². The fourth-order valence-corrected chi connectivity index (χ4v) is 4.34. The lowest BCUT2D eigenvalue weighted by atomic mass is 9.65. The molecule has 1 aliphatic carbocycles. The Morgan fingerprint density at radius 1 is 1.48 bits per heavy atom. The van der Waals surface area contributed by atoms with Crippen LogP contribution in [-0.2, 0) is 4.79 Å². The molecule has 0 aromatic rings. The Morgan fingerprint density at radius 2 is 2.14 bits per heavy atom. The lowest BCUT2D eigenvalue weighted by Crippen LogP contribution is -2.53. The summed E-state index contributed by atoms with van der Waals surface area (Å²) >= 11 is 0. The highest BCUT2D eigenvalue weighted by molar-refractivity contribution is 6.48. The topological polar surface area (TPSA) is 86.8 Å². The van der Waals surface area contributed by atoms with Crippen LogP contribution in [0.25, 0.3) is 0 Å². The van der Waals surface area contributed by atoms with Gasteiger partial charge in [-0.1, -0.05) is 13.2 Å². The zero-order chi connectivity index (χ0) is 15.8. The molecule has 1 saturated heterocycles. The van der Waals surface area contributed by atoms with Gasteiger partial charge in [0.1, 0.15) is 5.54 Å². The van der Waals surface area contributed by atoms with Crippen molar-refractivity contribution in [2.75, 3.05) is 13.1 Å². The van der Waals surface area contributed by atoms with Crippen LogP contribution in [-0.4, -0.2) is 52.6 Å². The van der Waals surface area contributed by atoms with Crippen LogP contribution in [0.4, 0.5) is 0 Å². The largest absolute Gasteiger partial charge is 0.480 e. The third kappa shape index (κ3) is 3.27. The van der Waals surface area contributed by atoms with Crippen LogP contribution in [0.2, 0.25) is 13.1 Å². The molecule has 0 radical (unpaired) electrons. The Labute approximate surface area is 128 Å². The molecule has 0 aromatic carbocycles. The molecule has 4 N–H and O–H groups in total. The Kier molecular flexibility index (Phi) is 5.01. The van der Waals surface area contributed by atoms with Gasteiger partial charge in [-0.3, -0.25) is 4.79 Å². The van der Waals surface area contributed by atoms with Crippen LogP contribution in [0.5, 0.6) is 0 Å². The summed E-state index contributed by atoms with van der Waals surface area (Å²) in [6.07, 6.45) is 2.97. The summed E-state index contributed by atoms with van der Waals surface area (Å²) in [7, 11) is 0. The SMILES string of the molecule is CB(O)CCCC1C2CN(C(C)C)CC2CC1(N)C(=O)O. The van der Waals surface area contributed by atoms with Gasteiger partial charge in [0.15, 0.2) is 0 Å². The monoisotopic (exact) mass is 296 g/mol. The smallest absolute Gasteiger partial charge is 0.323 e. The molecule has 1 aliphatic heterocycles. The summed E-state index contributed by atoms with van der Waals surface area (Å²) in [6.45, 7) is 7.78. The molecule has 2 aliphatic rings. The van der Waals surface area contributed by atoms with E-state index < -0.39 is 11.5 Å². The highest BCUT2D eigenvalue weighted by Crippen LogP contribution is 2.49. The maximum Gasteiger partial charge on any atom is 0.323 e. The zero-order valence-electron chi connectivity index (χ0n) is 13.5. The van der Waals surface area contributed by atoms with Gasteiger partial charge in [-0.25, -0.2) is 0 Å². The maximum atomic E-state index is 11.7. The second-order valence-electron chi connectivity index (χ2n) is 7.41. The lowest BCUT2D eigenvalue weighted by Gasteiger charge is -2.32. The molecule has 120 valence electrons. The van der Waals surface area contributed by atoms with Gasteiger partial charge in [-0.2, -0.15) is 0 Å². The van der Waals surface area contributed by atoms with Crippen LogP contribution >= 0.6 is 0 Å². The number of nitrogens with zero attached hydrogens (tertiary/aromatic N) is 1. The van der Waals surface area contributed by atoms with E-state index in [2.05, 4.69) is 18.7 Å². The summed E-state index contributed by atoms with van der Waals surface area (Å²) in [6, 6.07) is 0.505. The van der Waals surface area contributed by atoms with Crippen molar-refractivity contribution >= 4 is 12.9 Å². The number of fused-ring (bicyclic) bond motifs is 1. The van der Waals surface area contributed by atoms with Gasteiger partial charge in [0, 0.05) is 19.1 Å². The highest BCUT2D eigenvalue weighted by atomic mass is 16.4. The molecule has 4 atom stereocenters. The average molecular weight is 296 g/mol. The number of nitrogens with two attached hydrogens (primary N) is 1. The third-order valence-corrected chi connectivity index (χ3v) is 5.56. The van der Waals surface area contributed by atoms with E-state index in [1.165, 1.54) is 0 Å². The van der Waals surface area contributed by atoms with Crippen LogP contribution in [0.15, 0.2) is 0 Å². The average Bonchev–Trinajstić information content (AvgIpc) is 2.87. The molecule has 0 amide bonds. The first kappa shape index (κ1) is 16.8. The van der Waals surface area contributed by atoms with Gasteiger partial charge in [0.25, 0.3) is 6.92 Å². The van der Waals surface area contributed by atoms with Gasteiger partial charge in [0.2, 0.25) is 0 Å². The Hall–Kier alpha value is -0.585. The highest BCUT2D eigenvalue weighted by Gasteiger charge is 2.57. The summed E-state index contributed by atoms with van der Waals surface area (Å²) in [5.74, 6) is -0.0231. The first-order valence-corrected chi connectivity index (χ1v) is 8.20. The number of carbonyl (C=O) groups is 1. The van der Waals surface area contributed by atoms with E-state index in [-0.39, 0.29) is 12.8 Å². The van der Waals surface area contributed by atoms with E-state index in [1.54, 1.807) is 6.82 Å². The van der Waals surface area contributed by atoms with E-state index in [0.717, 1.165) is 32.3 Å². The zero-order valence-corrected chi connectivity index (χ0v) is 13.5. The quantitative estimate of drug-likeness (QED) is 0.640. The van der Waals surface area contributed by atoms with Gasteiger partial charge in [0.05, 0.1) is 0 Å². The summed E-state index contributed by atoms with van der Waals surface area (Å²) in [5.41, 5.74) is 5.22. The number of hydrogen-bond donors (Lipinski definition) is 3. The van der Waals surface area contributed by atoms with Crippen LogP contribution in [0.1, 0.15) is 33.1 Å². The third-order valence-electron chi connectivity index (χ3n) is 5.56. The number of rotatable bonds is 6. The minimum atomic E-state index is -1.07. The standard InChI is InChI=1S/C15H29BN2O3/c1-10(2)18-8-11-7-15(17,14(19)20)13(12(11)9-18)5-4-6-16(3)21/h10-13,21H,4-9,17H2,1-3H3,(H,19,20). The maximum absolute atomic E-state index is 11.7. The van der Waals surface area contributed by atoms with Crippen molar-refractivity contribution in [3.8, 4) is 0 Å². The fourth-order valence-electron chi connectivity index (χ4n) is 4.34. The minimum Gasteiger partial charge on any atom is -0.480 e. The number of hydrogen-bond acceptors (Lipinski definition) is 4. The van der Waals surface area contributed by atoms with Gasteiger partial charge >= 0.3 is 5.97 Å². The van der Waals surface area contributed by atoms with Crippen molar-refractivity contribution in [3.05, 3.63) is 0 Å². The molecular formula is C15H29BN2O3. The molecule has 2 rings (SSSR count). The van der Waals surface area contributed by atoms with E-state index in [4.69, 9.17) is 5.73 Å². The normalized spacial score (nSPS) is 36.2. The van der Waals surface area contributed by atoms with Crippen molar-refractivity contribution in [1.82, 2.24) is 4.90 Å². The number of carboxylic acids is 1.